The Bertz CT molecular complexity index is 1030. The first kappa shape index (κ1) is 21.8. The summed E-state index contributed by atoms with van der Waals surface area (Å²) in [6, 6.07) is 14.3. The lowest BCUT2D eigenvalue weighted by Gasteiger charge is -2.18. The number of rotatable bonds is 7. The summed E-state index contributed by atoms with van der Waals surface area (Å²) in [5, 5.41) is 3.75. The molecule has 0 spiro atoms. The first-order valence-electron chi connectivity index (χ1n) is 9.06. The minimum Gasteiger partial charge on any atom is -0.445 e. The molecule has 1 N–H and O–H groups in total. The van der Waals surface area contributed by atoms with Gasteiger partial charge >= 0.3 is 6.03 Å². The van der Waals surface area contributed by atoms with Gasteiger partial charge in [0.05, 0.1) is 6.20 Å². The predicted molar refractivity (Wildman–Crippen MR) is 122 cm³/mol. The molecule has 3 aromatic rings. The number of thiazole rings is 1. The molecule has 0 radical (unpaired) electrons. The predicted octanol–water partition coefficient (Wildman–Crippen LogP) is 5.38. The quantitative estimate of drug-likeness (QED) is 0.391. The molecule has 9 heteroatoms. The fourth-order valence-corrected chi connectivity index (χ4v) is 3.90. The molecule has 7 nitrogen and oxygen atoms in total. The molecule has 0 saturated heterocycles. The molecule has 0 atom stereocenters. The number of anilines is 2. The number of hydrogen-bond donors (Lipinski definition) is 1. The Morgan fingerprint density at radius 1 is 1.10 bits per heavy atom. The molecule has 1 heterocycles. The molecule has 1 aromatic heterocycles. The van der Waals surface area contributed by atoms with E-state index >= 15 is 0 Å². The summed E-state index contributed by atoms with van der Waals surface area (Å²) in [6.07, 6.45) is 1.55. The number of aromatic nitrogens is 1. The highest BCUT2D eigenvalue weighted by Gasteiger charge is 2.14. The van der Waals surface area contributed by atoms with Gasteiger partial charge in [-0.15, -0.1) is 0 Å². The number of urea groups is 1. The number of benzene rings is 2. The van der Waals surface area contributed by atoms with Gasteiger partial charge in [0.15, 0.2) is 10.9 Å². The number of nitrogens with zero attached hydrogens (tertiary/aromatic N) is 3. The maximum atomic E-state index is 12.6. The first-order chi connectivity index (χ1) is 14.3. The Morgan fingerprint density at radius 2 is 1.83 bits per heavy atom. The van der Waals surface area contributed by atoms with Gasteiger partial charge in [0.25, 0.3) is 0 Å². The third-order valence-electron chi connectivity index (χ3n) is 3.98. The van der Waals surface area contributed by atoms with E-state index in [9.17, 15) is 9.59 Å². The van der Waals surface area contributed by atoms with Crippen molar-refractivity contribution < 1.29 is 14.3 Å². The van der Waals surface area contributed by atoms with Crippen molar-refractivity contribution >= 4 is 45.9 Å². The fourth-order valence-electron chi connectivity index (χ4n) is 2.49. The zero-order valence-electron chi connectivity index (χ0n) is 17.1. The lowest BCUT2D eigenvalue weighted by Crippen LogP contribution is -2.31. The fraction of sp³-hybridized carbons (Fsp3) is 0.190. The van der Waals surface area contributed by atoms with E-state index < -0.39 is 0 Å². The van der Waals surface area contributed by atoms with E-state index in [1.165, 1.54) is 23.2 Å². The van der Waals surface area contributed by atoms with E-state index in [0.717, 1.165) is 10.6 Å². The molecule has 0 aliphatic rings. The van der Waals surface area contributed by atoms with Crippen LogP contribution in [0.3, 0.4) is 0 Å². The van der Waals surface area contributed by atoms with Crippen LogP contribution in [-0.2, 0) is 0 Å². The minimum absolute atomic E-state index is 0.000645. The first-order valence-corrected chi connectivity index (χ1v) is 10.7. The molecule has 0 fully saturated rings. The molecule has 0 bridgehead atoms. The van der Waals surface area contributed by atoms with Crippen molar-refractivity contribution in [2.45, 2.75) is 11.8 Å². The number of Topliss-reactive ketones (excluding diaryl/α,β-unsaturated/α-hetero) is 1. The largest absolute Gasteiger partial charge is 0.445 e. The summed E-state index contributed by atoms with van der Waals surface area (Å²) in [4.78, 5) is 30.7. The summed E-state index contributed by atoms with van der Waals surface area (Å²) in [7, 11) is 5.64. The number of hydrogen-bond acceptors (Lipinski definition) is 7. The zero-order valence-corrected chi connectivity index (χ0v) is 18.7. The molecule has 2 amide bonds. The van der Waals surface area contributed by atoms with Gasteiger partial charge in [-0.3, -0.25) is 19.3 Å². The molecule has 2 aromatic carbocycles. The van der Waals surface area contributed by atoms with E-state index in [1.807, 2.05) is 42.7 Å². The summed E-state index contributed by atoms with van der Waals surface area (Å²) < 4.78 is 7.74. The standard InChI is InChI=1S/C21H22N4O3S2/c1-14(26)15-8-10-17(11-9-15)28-19-13-22-20(29-19)23-21(27)25(4)16-6-5-7-18(12-16)30-24(2)3/h5-13H,1-4H3,(H,22,23,27). The van der Waals surface area contributed by atoms with E-state index in [-0.39, 0.29) is 11.8 Å². The lowest BCUT2D eigenvalue weighted by molar-refractivity contribution is 0.101. The highest BCUT2D eigenvalue weighted by Crippen LogP contribution is 2.31. The minimum atomic E-state index is -0.297. The van der Waals surface area contributed by atoms with Gasteiger partial charge in [0.1, 0.15) is 5.75 Å². The number of amides is 2. The van der Waals surface area contributed by atoms with Crippen molar-refractivity contribution in [3.05, 3.63) is 60.3 Å². The van der Waals surface area contributed by atoms with Crippen LogP contribution in [0, 0.1) is 0 Å². The second kappa shape index (κ2) is 9.75. The Balaban J connectivity index is 1.62. The van der Waals surface area contributed by atoms with Gasteiger partial charge in [-0.25, -0.2) is 9.78 Å². The van der Waals surface area contributed by atoms with Crippen LogP contribution in [0.2, 0.25) is 0 Å². The lowest BCUT2D eigenvalue weighted by atomic mass is 10.1. The van der Waals surface area contributed by atoms with E-state index in [4.69, 9.17) is 4.74 Å². The van der Waals surface area contributed by atoms with Crippen molar-refractivity contribution in [3.63, 3.8) is 0 Å². The van der Waals surface area contributed by atoms with Gasteiger partial charge in [-0.05, 0) is 75.4 Å². The molecule has 30 heavy (non-hydrogen) atoms. The van der Waals surface area contributed by atoms with Gasteiger partial charge in [0.2, 0.25) is 5.06 Å². The Labute approximate surface area is 183 Å². The van der Waals surface area contributed by atoms with E-state index in [0.29, 0.717) is 21.5 Å². The maximum absolute atomic E-state index is 12.6. The van der Waals surface area contributed by atoms with Gasteiger partial charge in [0, 0.05) is 23.2 Å². The number of ketones is 1. The molecule has 156 valence electrons. The van der Waals surface area contributed by atoms with Gasteiger partial charge in [-0.1, -0.05) is 17.4 Å². The van der Waals surface area contributed by atoms with E-state index in [1.54, 1.807) is 49.5 Å². The highest BCUT2D eigenvalue weighted by molar-refractivity contribution is 7.97. The molecule has 0 saturated carbocycles. The number of carbonyl (C=O) groups is 2. The second-order valence-corrected chi connectivity index (χ2v) is 8.93. The molecule has 0 aliphatic carbocycles. The zero-order chi connectivity index (χ0) is 21.7. The Hall–Kier alpha value is -2.88. The number of nitrogens with one attached hydrogen (secondary N) is 1. The second-order valence-electron chi connectivity index (χ2n) is 6.56. The summed E-state index contributed by atoms with van der Waals surface area (Å²) in [6.45, 7) is 1.52. The van der Waals surface area contributed by atoms with Crippen LogP contribution in [0.15, 0.2) is 59.6 Å². The van der Waals surface area contributed by atoms with Crippen molar-refractivity contribution in [1.82, 2.24) is 9.29 Å². The van der Waals surface area contributed by atoms with Crippen LogP contribution in [0.4, 0.5) is 15.6 Å². The SMILES string of the molecule is CC(=O)c1ccc(Oc2cnc(NC(=O)N(C)c3cccc(SN(C)C)c3)s2)cc1. The average Bonchev–Trinajstić information content (AvgIpc) is 3.14. The third kappa shape index (κ3) is 5.82. The number of carbonyl (C=O) groups excluding carboxylic acids is 2. The van der Waals surface area contributed by atoms with Crippen molar-refractivity contribution in [1.29, 1.82) is 0 Å². The summed E-state index contributed by atoms with van der Waals surface area (Å²) in [5.74, 6) is 0.591. The highest BCUT2D eigenvalue weighted by atomic mass is 32.2. The molecule has 0 aliphatic heterocycles. The van der Waals surface area contributed by atoms with Crippen LogP contribution < -0.4 is 15.0 Å². The van der Waals surface area contributed by atoms with Gasteiger partial charge < -0.3 is 4.74 Å². The topological polar surface area (TPSA) is 74.8 Å². The van der Waals surface area contributed by atoms with Crippen molar-refractivity contribution in [2.24, 2.45) is 0 Å². The molecule has 3 rings (SSSR count). The number of ether oxygens (including phenoxy) is 1. The summed E-state index contributed by atoms with van der Waals surface area (Å²) in [5.41, 5.74) is 1.40. The molecule has 0 unspecified atom stereocenters. The normalized spacial score (nSPS) is 10.7. The maximum Gasteiger partial charge on any atom is 0.327 e. The Morgan fingerprint density at radius 3 is 2.50 bits per heavy atom. The molecular formula is C21H22N4O3S2. The third-order valence-corrected chi connectivity index (χ3v) is 5.60. The van der Waals surface area contributed by atoms with Crippen molar-refractivity contribution in [3.8, 4) is 10.8 Å². The van der Waals surface area contributed by atoms with Crippen LogP contribution in [0.5, 0.6) is 10.8 Å². The smallest absolute Gasteiger partial charge is 0.327 e. The van der Waals surface area contributed by atoms with Crippen LogP contribution in [0.25, 0.3) is 0 Å². The van der Waals surface area contributed by atoms with E-state index in [2.05, 4.69) is 10.3 Å². The monoisotopic (exact) mass is 442 g/mol. The molecular weight excluding hydrogens is 420 g/mol. The summed E-state index contributed by atoms with van der Waals surface area (Å²) >= 11 is 2.80. The van der Waals surface area contributed by atoms with Crippen molar-refractivity contribution in [2.75, 3.05) is 31.4 Å². The van der Waals surface area contributed by atoms with Crippen LogP contribution >= 0.6 is 23.3 Å². The Kier molecular flexibility index (Phi) is 7.09. The van der Waals surface area contributed by atoms with Gasteiger partial charge in [-0.2, -0.15) is 0 Å². The van der Waals surface area contributed by atoms with Crippen LogP contribution in [0.1, 0.15) is 17.3 Å². The average molecular weight is 443 g/mol. The van der Waals surface area contributed by atoms with Crippen LogP contribution in [-0.4, -0.2) is 42.2 Å².